The van der Waals surface area contributed by atoms with E-state index in [1.165, 1.54) is 30.5 Å². The molecule has 28 heavy (non-hydrogen) atoms. The summed E-state index contributed by atoms with van der Waals surface area (Å²) in [5.74, 6) is 0.719. The first-order valence-electron chi connectivity index (χ1n) is 10.4. The molecule has 4 heteroatoms. The summed E-state index contributed by atoms with van der Waals surface area (Å²) in [6.45, 7) is 8.86. The van der Waals surface area contributed by atoms with Crippen molar-refractivity contribution >= 4 is 11.6 Å². The van der Waals surface area contributed by atoms with Crippen molar-refractivity contribution in [3.63, 3.8) is 0 Å². The summed E-state index contributed by atoms with van der Waals surface area (Å²) >= 11 is 0. The van der Waals surface area contributed by atoms with E-state index >= 15 is 0 Å². The lowest BCUT2D eigenvalue weighted by Gasteiger charge is -2.28. The molecule has 1 amide bonds. The lowest BCUT2D eigenvalue weighted by Crippen LogP contribution is -2.37. The van der Waals surface area contributed by atoms with Gasteiger partial charge in [-0.25, -0.2) is 0 Å². The van der Waals surface area contributed by atoms with E-state index in [1.807, 2.05) is 26.0 Å². The smallest absolute Gasteiger partial charge is 0.261 e. The molecule has 2 aromatic rings. The zero-order chi connectivity index (χ0) is 19.9. The number of amides is 1. The van der Waals surface area contributed by atoms with E-state index in [1.54, 1.807) is 0 Å². The van der Waals surface area contributed by atoms with Crippen LogP contribution in [0, 0.1) is 13.8 Å². The zero-order valence-electron chi connectivity index (χ0n) is 17.3. The molecule has 1 atom stereocenters. The van der Waals surface area contributed by atoms with Gasteiger partial charge in [-0.3, -0.25) is 4.79 Å². The third-order valence-electron chi connectivity index (χ3n) is 5.61. The number of hydrogen-bond acceptors (Lipinski definition) is 3. The number of nitrogens with one attached hydrogen (secondary N) is 1. The maximum atomic E-state index is 12.6. The summed E-state index contributed by atoms with van der Waals surface area (Å²) in [4.78, 5) is 15.1. The standard InChI is InChI=1S/C24H32N2O2/c1-4-22(28-23-10-8-9-18(2)19(23)3)24(27)25-17-20-11-13-21(14-12-20)26-15-6-5-7-16-26/h8-14,22H,4-7,15-17H2,1-3H3,(H,25,27)/t22-/m1/s1. The molecule has 0 radical (unpaired) electrons. The number of rotatable bonds is 7. The van der Waals surface area contributed by atoms with Gasteiger partial charge in [-0.1, -0.05) is 31.2 Å². The van der Waals surface area contributed by atoms with Crippen LogP contribution in [-0.4, -0.2) is 25.1 Å². The van der Waals surface area contributed by atoms with Crippen LogP contribution in [-0.2, 0) is 11.3 Å². The van der Waals surface area contributed by atoms with Crippen molar-refractivity contribution in [1.82, 2.24) is 5.32 Å². The van der Waals surface area contributed by atoms with E-state index in [0.29, 0.717) is 13.0 Å². The van der Waals surface area contributed by atoms with E-state index in [-0.39, 0.29) is 5.91 Å². The summed E-state index contributed by atoms with van der Waals surface area (Å²) in [5, 5.41) is 3.03. The maximum absolute atomic E-state index is 12.6. The number of carbonyl (C=O) groups excluding carboxylic acids is 1. The van der Waals surface area contributed by atoms with Crippen LogP contribution in [0.15, 0.2) is 42.5 Å². The number of ether oxygens (including phenoxy) is 1. The van der Waals surface area contributed by atoms with E-state index < -0.39 is 6.10 Å². The fourth-order valence-corrected chi connectivity index (χ4v) is 3.61. The van der Waals surface area contributed by atoms with Gasteiger partial charge in [-0.05, 0) is 74.4 Å². The van der Waals surface area contributed by atoms with Gasteiger partial charge in [0.05, 0.1) is 0 Å². The summed E-state index contributed by atoms with van der Waals surface area (Å²) in [5.41, 5.74) is 4.64. The van der Waals surface area contributed by atoms with Crippen molar-refractivity contribution in [3.05, 3.63) is 59.2 Å². The van der Waals surface area contributed by atoms with Gasteiger partial charge in [0.1, 0.15) is 5.75 Å². The third kappa shape index (κ3) is 5.06. The van der Waals surface area contributed by atoms with Gasteiger partial charge < -0.3 is 15.0 Å². The highest BCUT2D eigenvalue weighted by molar-refractivity contribution is 5.81. The SMILES string of the molecule is CC[C@@H](Oc1cccc(C)c1C)C(=O)NCc1ccc(N2CCCCC2)cc1. The topological polar surface area (TPSA) is 41.6 Å². The van der Waals surface area contributed by atoms with Crippen LogP contribution in [0.25, 0.3) is 0 Å². The number of piperidine rings is 1. The molecular weight excluding hydrogens is 348 g/mol. The Labute approximate surface area is 168 Å². The minimum atomic E-state index is -0.479. The Morgan fingerprint density at radius 2 is 1.79 bits per heavy atom. The fourth-order valence-electron chi connectivity index (χ4n) is 3.61. The molecule has 1 aliphatic heterocycles. The number of carbonyl (C=O) groups is 1. The Bertz CT molecular complexity index is 780. The van der Waals surface area contributed by atoms with Crippen molar-refractivity contribution in [1.29, 1.82) is 0 Å². The zero-order valence-corrected chi connectivity index (χ0v) is 17.3. The lowest BCUT2D eigenvalue weighted by molar-refractivity contribution is -0.128. The first-order valence-corrected chi connectivity index (χ1v) is 10.4. The maximum Gasteiger partial charge on any atom is 0.261 e. The third-order valence-corrected chi connectivity index (χ3v) is 5.61. The molecule has 2 aromatic carbocycles. The van der Waals surface area contributed by atoms with E-state index in [9.17, 15) is 4.79 Å². The molecule has 0 bridgehead atoms. The number of hydrogen-bond donors (Lipinski definition) is 1. The minimum absolute atomic E-state index is 0.0662. The first kappa shape index (κ1) is 20.2. The van der Waals surface area contributed by atoms with Crippen LogP contribution in [0.3, 0.4) is 0 Å². The highest BCUT2D eigenvalue weighted by Gasteiger charge is 2.19. The fraction of sp³-hybridized carbons (Fsp3) is 0.458. The largest absolute Gasteiger partial charge is 0.480 e. The van der Waals surface area contributed by atoms with Gasteiger partial charge in [-0.2, -0.15) is 0 Å². The molecule has 1 aliphatic rings. The average molecular weight is 381 g/mol. The molecular formula is C24H32N2O2. The Balaban J connectivity index is 1.55. The highest BCUT2D eigenvalue weighted by Crippen LogP contribution is 2.23. The molecule has 1 fully saturated rings. The molecule has 1 heterocycles. The number of anilines is 1. The van der Waals surface area contributed by atoms with Gasteiger partial charge >= 0.3 is 0 Å². The van der Waals surface area contributed by atoms with Gasteiger partial charge in [0.15, 0.2) is 6.10 Å². The Kier molecular flexibility index (Phi) is 6.96. The van der Waals surface area contributed by atoms with Crippen molar-refractivity contribution in [2.45, 2.75) is 59.1 Å². The molecule has 0 spiro atoms. The molecule has 0 unspecified atom stereocenters. The normalized spacial score (nSPS) is 15.2. The molecule has 0 aromatic heterocycles. The molecule has 0 aliphatic carbocycles. The molecule has 3 rings (SSSR count). The van der Waals surface area contributed by atoms with Crippen LogP contribution >= 0.6 is 0 Å². The highest BCUT2D eigenvalue weighted by atomic mass is 16.5. The van der Waals surface area contributed by atoms with Crippen LogP contribution in [0.4, 0.5) is 5.69 Å². The van der Waals surface area contributed by atoms with Crippen LogP contribution < -0.4 is 15.0 Å². The molecule has 1 saturated heterocycles. The summed E-state index contributed by atoms with van der Waals surface area (Å²) in [6.07, 6.45) is 4.04. The predicted molar refractivity (Wildman–Crippen MR) is 115 cm³/mol. The number of aryl methyl sites for hydroxylation is 1. The second-order valence-electron chi connectivity index (χ2n) is 7.64. The minimum Gasteiger partial charge on any atom is -0.480 e. The Morgan fingerprint density at radius 1 is 1.07 bits per heavy atom. The first-order chi connectivity index (χ1) is 13.6. The van der Waals surface area contributed by atoms with Crippen molar-refractivity contribution < 1.29 is 9.53 Å². The van der Waals surface area contributed by atoms with Crippen LogP contribution in [0.2, 0.25) is 0 Å². The van der Waals surface area contributed by atoms with E-state index in [0.717, 1.165) is 30.0 Å². The number of benzene rings is 2. The second kappa shape index (κ2) is 9.63. The Morgan fingerprint density at radius 3 is 2.46 bits per heavy atom. The Hall–Kier alpha value is -2.49. The molecule has 0 saturated carbocycles. The predicted octanol–water partition coefficient (Wildman–Crippen LogP) is 4.77. The average Bonchev–Trinajstić information content (AvgIpc) is 2.74. The van der Waals surface area contributed by atoms with Crippen LogP contribution in [0.1, 0.15) is 49.3 Å². The van der Waals surface area contributed by atoms with Crippen molar-refractivity contribution in [2.24, 2.45) is 0 Å². The summed E-state index contributed by atoms with van der Waals surface area (Å²) < 4.78 is 6.01. The van der Waals surface area contributed by atoms with E-state index in [4.69, 9.17) is 4.74 Å². The van der Waals surface area contributed by atoms with E-state index in [2.05, 4.69) is 47.5 Å². The second-order valence-corrected chi connectivity index (χ2v) is 7.64. The van der Waals surface area contributed by atoms with Crippen LogP contribution in [0.5, 0.6) is 5.75 Å². The number of nitrogens with zero attached hydrogens (tertiary/aromatic N) is 1. The van der Waals surface area contributed by atoms with Crippen molar-refractivity contribution in [3.8, 4) is 5.75 Å². The lowest BCUT2D eigenvalue weighted by atomic mass is 10.1. The molecule has 150 valence electrons. The van der Waals surface area contributed by atoms with Gasteiger partial charge in [-0.15, -0.1) is 0 Å². The summed E-state index contributed by atoms with van der Waals surface area (Å²) in [6, 6.07) is 14.5. The van der Waals surface area contributed by atoms with Gasteiger partial charge in [0.25, 0.3) is 5.91 Å². The summed E-state index contributed by atoms with van der Waals surface area (Å²) in [7, 11) is 0. The molecule has 4 nitrogen and oxygen atoms in total. The van der Waals surface area contributed by atoms with Crippen molar-refractivity contribution in [2.75, 3.05) is 18.0 Å². The van der Waals surface area contributed by atoms with Gasteiger partial charge in [0.2, 0.25) is 0 Å². The monoisotopic (exact) mass is 380 g/mol. The molecule has 1 N–H and O–H groups in total. The quantitative estimate of drug-likeness (QED) is 0.752. The van der Waals surface area contributed by atoms with Gasteiger partial charge in [0, 0.05) is 25.3 Å².